The number of anilines is 1. The Balaban J connectivity index is 2.06. The van der Waals surface area contributed by atoms with Crippen molar-refractivity contribution < 1.29 is 0 Å². The number of hydrogen-bond donors (Lipinski definition) is 1. The Kier molecular flexibility index (Phi) is 4.05. The van der Waals surface area contributed by atoms with Crippen molar-refractivity contribution in [1.29, 1.82) is 0 Å². The number of aryl methyl sites for hydroxylation is 1. The standard InChI is InChI=1S/C13H18BrN3/c1-3-10(14)8-9-15-13-16-11-6-4-5-7-12(11)17(13)2/h4-7,10H,3,8-9H2,1-2H3,(H,15,16). The van der Waals surface area contributed by atoms with Crippen LogP contribution in [0.5, 0.6) is 0 Å². The van der Waals surface area contributed by atoms with Gasteiger partial charge in [0.1, 0.15) is 0 Å². The van der Waals surface area contributed by atoms with E-state index in [-0.39, 0.29) is 0 Å². The lowest BCUT2D eigenvalue weighted by molar-refractivity contribution is 0.766. The van der Waals surface area contributed by atoms with E-state index in [1.807, 2.05) is 25.2 Å². The third-order valence-electron chi connectivity index (χ3n) is 2.97. The molecular weight excluding hydrogens is 278 g/mol. The second kappa shape index (κ2) is 5.54. The van der Waals surface area contributed by atoms with Crippen LogP contribution in [0.15, 0.2) is 24.3 Å². The summed E-state index contributed by atoms with van der Waals surface area (Å²) in [7, 11) is 2.04. The highest BCUT2D eigenvalue weighted by Crippen LogP contribution is 2.18. The number of aromatic nitrogens is 2. The van der Waals surface area contributed by atoms with Gasteiger partial charge in [-0.1, -0.05) is 35.0 Å². The number of nitrogens with one attached hydrogen (secondary N) is 1. The van der Waals surface area contributed by atoms with E-state index in [2.05, 4.69) is 43.8 Å². The van der Waals surface area contributed by atoms with Gasteiger partial charge in [-0.05, 0) is 25.0 Å². The predicted molar refractivity (Wildman–Crippen MR) is 76.8 cm³/mol. The summed E-state index contributed by atoms with van der Waals surface area (Å²) in [4.78, 5) is 5.16. The molecule has 1 N–H and O–H groups in total. The maximum Gasteiger partial charge on any atom is 0.203 e. The number of hydrogen-bond acceptors (Lipinski definition) is 2. The fraction of sp³-hybridized carbons (Fsp3) is 0.462. The van der Waals surface area contributed by atoms with Crippen molar-refractivity contribution in [2.24, 2.45) is 7.05 Å². The van der Waals surface area contributed by atoms with E-state index in [4.69, 9.17) is 0 Å². The van der Waals surface area contributed by atoms with Crippen molar-refractivity contribution >= 4 is 32.9 Å². The number of fused-ring (bicyclic) bond motifs is 1. The van der Waals surface area contributed by atoms with Crippen LogP contribution < -0.4 is 5.32 Å². The van der Waals surface area contributed by atoms with Crippen molar-refractivity contribution in [3.63, 3.8) is 0 Å². The maximum absolute atomic E-state index is 4.57. The van der Waals surface area contributed by atoms with Crippen LogP contribution >= 0.6 is 15.9 Å². The molecule has 0 spiro atoms. The number of alkyl halides is 1. The van der Waals surface area contributed by atoms with Crippen LogP contribution in [-0.2, 0) is 7.05 Å². The van der Waals surface area contributed by atoms with Crippen molar-refractivity contribution in [2.45, 2.75) is 24.6 Å². The minimum Gasteiger partial charge on any atom is -0.356 e. The van der Waals surface area contributed by atoms with Crippen LogP contribution in [0.1, 0.15) is 19.8 Å². The molecule has 0 saturated carbocycles. The number of imidazole rings is 1. The molecule has 0 bridgehead atoms. The van der Waals surface area contributed by atoms with Crippen molar-refractivity contribution in [1.82, 2.24) is 9.55 Å². The molecule has 0 amide bonds. The molecule has 1 aromatic heterocycles. The molecule has 1 heterocycles. The van der Waals surface area contributed by atoms with Gasteiger partial charge in [0.15, 0.2) is 0 Å². The molecule has 1 aromatic carbocycles. The van der Waals surface area contributed by atoms with Crippen LogP contribution in [-0.4, -0.2) is 20.9 Å². The van der Waals surface area contributed by atoms with Crippen molar-refractivity contribution in [3.05, 3.63) is 24.3 Å². The number of halogens is 1. The number of para-hydroxylation sites is 2. The molecule has 0 radical (unpaired) electrons. The smallest absolute Gasteiger partial charge is 0.203 e. The summed E-state index contributed by atoms with van der Waals surface area (Å²) in [6.07, 6.45) is 2.27. The van der Waals surface area contributed by atoms with Crippen molar-refractivity contribution in [2.75, 3.05) is 11.9 Å². The molecule has 3 nitrogen and oxygen atoms in total. The number of benzene rings is 1. The average Bonchev–Trinajstić information content (AvgIpc) is 2.67. The Bertz CT molecular complexity index is 492. The van der Waals surface area contributed by atoms with Gasteiger partial charge in [0.2, 0.25) is 5.95 Å². The molecule has 0 aliphatic heterocycles. The first-order valence-electron chi connectivity index (χ1n) is 6.01. The number of nitrogens with zero attached hydrogens (tertiary/aromatic N) is 2. The Morgan fingerprint density at radius 3 is 2.88 bits per heavy atom. The zero-order valence-corrected chi connectivity index (χ0v) is 11.9. The van der Waals surface area contributed by atoms with E-state index in [0.29, 0.717) is 4.83 Å². The van der Waals surface area contributed by atoms with Gasteiger partial charge < -0.3 is 9.88 Å². The first-order valence-corrected chi connectivity index (χ1v) is 6.93. The second-order valence-corrected chi connectivity index (χ2v) is 5.50. The first-order chi connectivity index (χ1) is 8.22. The minimum atomic E-state index is 0.588. The summed E-state index contributed by atoms with van der Waals surface area (Å²) >= 11 is 3.64. The van der Waals surface area contributed by atoms with Gasteiger partial charge in [-0.3, -0.25) is 0 Å². The van der Waals surface area contributed by atoms with E-state index in [9.17, 15) is 0 Å². The van der Waals surface area contributed by atoms with Gasteiger partial charge in [0.05, 0.1) is 11.0 Å². The monoisotopic (exact) mass is 295 g/mol. The Hall–Kier alpha value is -1.03. The van der Waals surface area contributed by atoms with E-state index in [0.717, 1.165) is 30.9 Å². The highest BCUT2D eigenvalue weighted by Gasteiger charge is 2.06. The molecule has 17 heavy (non-hydrogen) atoms. The van der Waals surface area contributed by atoms with Crippen molar-refractivity contribution in [3.8, 4) is 0 Å². The highest BCUT2D eigenvalue weighted by atomic mass is 79.9. The van der Waals surface area contributed by atoms with Crippen LogP contribution in [0.25, 0.3) is 11.0 Å². The fourth-order valence-electron chi connectivity index (χ4n) is 1.85. The molecule has 0 fully saturated rings. The topological polar surface area (TPSA) is 29.9 Å². The molecule has 2 aromatic rings. The molecule has 0 aliphatic rings. The quantitative estimate of drug-likeness (QED) is 0.855. The van der Waals surface area contributed by atoms with Crippen LogP contribution in [0.4, 0.5) is 5.95 Å². The number of rotatable bonds is 5. The van der Waals surface area contributed by atoms with E-state index in [1.165, 1.54) is 5.52 Å². The maximum atomic E-state index is 4.57. The molecular formula is C13H18BrN3. The predicted octanol–water partition coefficient (Wildman–Crippen LogP) is 3.55. The van der Waals surface area contributed by atoms with Crippen LogP contribution in [0, 0.1) is 0 Å². The SMILES string of the molecule is CCC(Br)CCNc1nc2ccccc2n1C. The largest absolute Gasteiger partial charge is 0.356 e. The summed E-state index contributed by atoms with van der Waals surface area (Å²) in [5, 5.41) is 3.39. The summed E-state index contributed by atoms with van der Waals surface area (Å²) < 4.78 is 2.10. The normalized spacial score (nSPS) is 12.9. The second-order valence-electron chi connectivity index (χ2n) is 4.20. The molecule has 92 valence electrons. The lowest BCUT2D eigenvalue weighted by Crippen LogP contribution is -2.10. The van der Waals surface area contributed by atoms with Gasteiger partial charge in [-0.25, -0.2) is 4.98 Å². The fourth-order valence-corrected chi connectivity index (χ4v) is 2.08. The minimum absolute atomic E-state index is 0.588. The Labute approximate surface area is 110 Å². The summed E-state index contributed by atoms with van der Waals surface area (Å²) in [5.41, 5.74) is 2.21. The average molecular weight is 296 g/mol. The Morgan fingerprint density at radius 1 is 1.41 bits per heavy atom. The first kappa shape index (κ1) is 12.4. The molecule has 0 aliphatic carbocycles. The van der Waals surface area contributed by atoms with Crippen LogP contribution in [0.2, 0.25) is 0 Å². The third-order valence-corrected chi connectivity index (χ3v) is 4.08. The van der Waals surface area contributed by atoms with E-state index < -0.39 is 0 Å². The van der Waals surface area contributed by atoms with Crippen LogP contribution in [0.3, 0.4) is 0 Å². The zero-order chi connectivity index (χ0) is 12.3. The lowest BCUT2D eigenvalue weighted by Gasteiger charge is -2.08. The van der Waals surface area contributed by atoms with Gasteiger partial charge in [-0.15, -0.1) is 0 Å². The molecule has 4 heteroatoms. The molecule has 0 saturated heterocycles. The van der Waals surface area contributed by atoms with E-state index >= 15 is 0 Å². The van der Waals surface area contributed by atoms with Gasteiger partial charge in [0, 0.05) is 18.4 Å². The van der Waals surface area contributed by atoms with Gasteiger partial charge >= 0.3 is 0 Å². The van der Waals surface area contributed by atoms with E-state index in [1.54, 1.807) is 0 Å². The lowest BCUT2D eigenvalue weighted by atomic mass is 10.2. The summed E-state index contributed by atoms with van der Waals surface area (Å²) in [6.45, 7) is 3.13. The highest BCUT2D eigenvalue weighted by molar-refractivity contribution is 9.09. The summed E-state index contributed by atoms with van der Waals surface area (Å²) in [5.74, 6) is 0.946. The van der Waals surface area contributed by atoms with Gasteiger partial charge in [-0.2, -0.15) is 0 Å². The summed E-state index contributed by atoms with van der Waals surface area (Å²) in [6, 6.07) is 8.19. The zero-order valence-electron chi connectivity index (χ0n) is 10.3. The third kappa shape index (κ3) is 2.80. The molecule has 1 unspecified atom stereocenters. The molecule has 1 atom stereocenters. The molecule has 2 rings (SSSR count). The van der Waals surface area contributed by atoms with Gasteiger partial charge in [0.25, 0.3) is 0 Å². The Morgan fingerprint density at radius 2 is 2.18 bits per heavy atom.